The smallest absolute Gasteiger partial charge is 0.245 e. The normalized spacial score (nSPS) is 11.5. The maximum Gasteiger partial charge on any atom is 0.245 e. The van der Waals surface area contributed by atoms with Crippen LogP contribution >= 0.6 is 27.3 Å². The zero-order chi connectivity index (χ0) is 34.5. The highest BCUT2D eigenvalue weighted by atomic mass is 79.9. The Hall–Kier alpha value is -4.83. The minimum absolute atomic E-state index is 0.0111. The Morgan fingerprint density at radius 2 is 1.33 bits per heavy atom. The van der Waals surface area contributed by atoms with E-state index < -0.39 is 10.0 Å². The van der Waals surface area contributed by atoms with Crippen molar-refractivity contribution in [2.24, 2.45) is 0 Å². The van der Waals surface area contributed by atoms with E-state index in [0.29, 0.717) is 38.1 Å². The van der Waals surface area contributed by atoms with Gasteiger partial charge in [0.25, 0.3) is 0 Å². The molecule has 0 unspecified atom stereocenters. The summed E-state index contributed by atoms with van der Waals surface area (Å²) in [5.74, 6) is 2.18. The molecule has 0 aliphatic rings. The molecule has 252 valence electrons. The molecule has 2 N–H and O–H groups in total. The number of benzene rings is 4. The molecule has 12 nitrogen and oxygen atoms in total. The van der Waals surface area contributed by atoms with Crippen molar-refractivity contribution in [2.75, 3.05) is 27.1 Å². The van der Waals surface area contributed by atoms with Gasteiger partial charge in [0.15, 0.2) is 5.13 Å². The first-order valence-electron chi connectivity index (χ1n) is 14.9. The summed E-state index contributed by atoms with van der Waals surface area (Å²) >= 11 is 4.81. The lowest BCUT2D eigenvalue weighted by Crippen LogP contribution is -2.31. The molecule has 0 saturated carbocycles. The summed E-state index contributed by atoms with van der Waals surface area (Å²) in [6.07, 6.45) is 1.61. The maximum absolute atomic E-state index is 15.1. The number of thiazole rings is 1. The monoisotopic (exact) mass is 761 g/mol. The van der Waals surface area contributed by atoms with Crippen LogP contribution in [0.3, 0.4) is 0 Å². The van der Waals surface area contributed by atoms with Gasteiger partial charge in [0, 0.05) is 29.3 Å². The van der Waals surface area contributed by atoms with Crippen LogP contribution in [-0.2, 0) is 29.7 Å². The van der Waals surface area contributed by atoms with Gasteiger partial charge in [-0.2, -0.15) is 9.10 Å². The molecule has 0 radical (unpaired) electrons. The molecule has 0 bridgehead atoms. The van der Waals surface area contributed by atoms with Gasteiger partial charge in [0.05, 0.1) is 38.3 Å². The molecular formula is C34H32BrN7O5S2. The van der Waals surface area contributed by atoms with Crippen LogP contribution in [0.1, 0.15) is 16.7 Å². The number of anilines is 1. The van der Waals surface area contributed by atoms with E-state index in [1.165, 1.54) is 20.4 Å². The SMILES string of the molecule is COc1ccc(CN(Cc2ccc(OC)cc2)S(=O)(=O)c2c(Br)ccc(-c3cnc(N)s3)c2-c2nnn(Cc3ccc(OC)cc3)n2)cc1. The number of halogens is 1. The largest absolute Gasteiger partial charge is 0.497 e. The number of sulfonamides is 1. The van der Waals surface area contributed by atoms with Crippen LogP contribution in [0.25, 0.3) is 21.8 Å². The summed E-state index contributed by atoms with van der Waals surface area (Å²) < 4.78 is 47.8. The van der Waals surface area contributed by atoms with Gasteiger partial charge in [0.2, 0.25) is 15.8 Å². The second-order valence-electron chi connectivity index (χ2n) is 10.8. The van der Waals surface area contributed by atoms with Gasteiger partial charge in [-0.3, -0.25) is 0 Å². The first-order valence-corrected chi connectivity index (χ1v) is 17.9. The molecule has 2 heterocycles. The second kappa shape index (κ2) is 14.7. The number of nitrogens with zero attached hydrogens (tertiary/aromatic N) is 6. The summed E-state index contributed by atoms with van der Waals surface area (Å²) in [6, 6.07) is 25.6. The van der Waals surface area contributed by atoms with Crippen LogP contribution in [0.15, 0.2) is 100 Å². The van der Waals surface area contributed by atoms with Crippen LogP contribution in [0, 0.1) is 0 Å². The second-order valence-corrected chi connectivity index (χ2v) is 14.6. The predicted molar refractivity (Wildman–Crippen MR) is 191 cm³/mol. The van der Waals surface area contributed by atoms with Gasteiger partial charge in [-0.1, -0.05) is 53.8 Å². The minimum Gasteiger partial charge on any atom is -0.497 e. The van der Waals surface area contributed by atoms with E-state index >= 15 is 8.42 Å². The van der Waals surface area contributed by atoms with E-state index in [0.717, 1.165) is 22.4 Å². The molecule has 2 aromatic heterocycles. The predicted octanol–water partition coefficient (Wildman–Crippen LogP) is 6.27. The van der Waals surface area contributed by atoms with Gasteiger partial charge < -0.3 is 19.9 Å². The molecule has 6 aromatic rings. The van der Waals surface area contributed by atoms with Crippen LogP contribution in [0.2, 0.25) is 0 Å². The van der Waals surface area contributed by atoms with Crippen LogP contribution in [0.5, 0.6) is 17.2 Å². The van der Waals surface area contributed by atoms with Crippen molar-refractivity contribution in [3.8, 4) is 39.1 Å². The van der Waals surface area contributed by atoms with Gasteiger partial charge in [0.1, 0.15) is 22.1 Å². The van der Waals surface area contributed by atoms with Crippen molar-refractivity contribution in [3.05, 3.63) is 112 Å². The number of rotatable bonds is 13. The number of methoxy groups -OCH3 is 3. The molecule has 15 heteroatoms. The highest BCUT2D eigenvalue weighted by Gasteiger charge is 2.34. The van der Waals surface area contributed by atoms with E-state index in [-0.39, 0.29) is 29.4 Å². The third kappa shape index (κ3) is 7.59. The lowest BCUT2D eigenvalue weighted by molar-refractivity contribution is 0.397. The minimum atomic E-state index is -4.27. The number of tetrazole rings is 1. The molecule has 0 atom stereocenters. The van der Waals surface area contributed by atoms with Crippen LogP contribution in [-0.4, -0.2) is 59.2 Å². The molecule has 0 aliphatic heterocycles. The highest BCUT2D eigenvalue weighted by Crippen LogP contribution is 2.43. The summed E-state index contributed by atoms with van der Waals surface area (Å²) in [5, 5.41) is 13.7. The summed E-state index contributed by atoms with van der Waals surface area (Å²) in [5.41, 5.74) is 9.30. The Morgan fingerprint density at radius 3 is 1.82 bits per heavy atom. The average Bonchev–Trinajstić information content (AvgIpc) is 3.77. The van der Waals surface area contributed by atoms with E-state index in [1.807, 2.05) is 48.5 Å². The van der Waals surface area contributed by atoms with Crippen molar-refractivity contribution >= 4 is 42.4 Å². The summed E-state index contributed by atoms with van der Waals surface area (Å²) in [4.78, 5) is 6.29. The van der Waals surface area contributed by atoms with E-state index in [1.54, 1.807) is 63.9 Å². The third-order valence-corrected chi connectivity index (χ3v) is 11.4. The number of ether oxygens (including phenoxy) is 3. The fourth-order valence-electron chi connectivity index (χ4n) is 5.18. The Balaban J connectivity index is 1.48. The van der Waals surface area contributed by atoms with Crippen molar-refractivity contribution in [1.29, 1.82) is 0 Å². The van der Waals surface area contributed by atoms with Gasteiger partial charge in [-0.25, -0.2) is 13.4 Å². The van der Waals surface area contributed by atoms with Crippen molar-refractivity contribution in [3.63, 3.8) is 0 Å². The third-order valence-electron chi connectivity index (χ3n) is 7.69. The zero-order valence-electron chi connectivity index (χ0n) is 26.8. The molecule has 0 fully saturated rings. The van der Waals surface area contributed by atoms with Crippen molar-refractivity contribution in [2.45, 2.75) is 24.5 Å². The molecule has 49 heavy (non-hydrogen) atoms. The fourth-order valence-corrected chi connectivity index (χ4v) is 8.51. The van der Waals surface area contributed by atoms with E-state index in [2.05, 4.69) is 36.3 Å². The number of hydrogen-bond acceptors (Lipinski definition) is 11. The standard InChI is InChI=1S/C34H32BrN7O5S2/c1-45-25-10-4-22(5-11-25)19-41(20-23-6-12-26(46-2)13-7-23)49(43,44)32-29(35)17-16-28(30-18-37-34(36)48-30)31(32)33-38-40-42(39-33)21-24-8-14-27(47-3)15-9-24/h4-18H,19-21H2,1-3H3,(H2,36,37). The number of nitrogens with two attached hydrogens (primary N) is 1. The molecule has 0 amide bonds. The first kappa shape index (κ1) is 34.0. The van der Waals surface area contributed by atoms with Crippen LogP contribution in [0.4, 0.5) is 5.13 Å². The lowest BCUT2D eigenvalue weighted by atomic mass is 10.1. The van der Waals surface area contributed by atoms with Gasteiger partial charge in [-0.15, -0.1) is 10.2 Å². The first-order chi connectivity index (χ1) is 23.7. The fraction of sp³-hybridized carbons (Fsp3) is 0.176. The van der Waals surface area contributed by atoms with Crippen molar-refractivity contribution < 1.29 is 22.6 Å². The quantitative estimate of drug-likeness (QED) is 0.143. The Labute approximate surface area is 296 Å². The average molecular weight is 763 g/mol. The molecule has 0 saturated heterocycles. The molecular weight excluding hydrogens is 730 g/mol. The highest BCUT2D eigenvalue weighted by molar-refractivity contribution is 9.10. The number of aromatic nitrogens is 5. The molecule has 0 spiro atoms. The maximum atomic E-state index is 15.1. The lowest BCUT2D eigenvalue weighted by Gasteiger charge is -2.25. The van der Waals surface area contributed by atoms with Gasteiger partial charge in [-0.05, 0) is 80.3 Å². The van der Waals surface area contributed by atoms with Crippen LogP contribution < -0.4 is 19.9 Å². The zero-order valence-corrected chi connectivity index (χ0v) is 30.0. The number of hydrogen-bond donors (Lipinski definition) is 1. The number of nitrogen functional groups attached to an aromatic ring is 1. The Morgan fingerprint density at radius 1 is 0.796 bits per heavy atom. The summed E-state index contributed by atoms with van der Waals surface area (Å²) in [6.45, 7) is 0.441. The Bertz CT molecular complexity index is 2110. The molecule has 0 aliphatic carbocycles. The van der Waals surface area contributed by atoms with Gasteiger partial charge >= 0.3 is 0 Å². The molecule has 4 aromatic carbocycles. The van der Waals surface area contributed by atoms with Crippen molar-refractivity contribution in [1.82, 2.24) is 29.5 Å². The summed E-state index contributed by atoms with van der Waals surface area (Å²) in [7, 11) is 0.497. The van der Waals surface area contributed by atoms with E-state index in [9.17, 15) is 0 Å². The Kier molecular flexibility index (Phi) is 10.2. The topological polar surface area (TPSA) is 148 Å². The van der Waals surface area contributed by atoms with E-state index in [4.69, 9.17) is 19.9 Å². The molecule has 6 rings (SSSR count).